The molecule has 6 saturated heterocycles. The van der Waals surface area contributed by atoms with Crippen LogP contribution in [0.3, 0.4) is 0 Å². The molecule has 1 aromatic heterocycles. The molecule has 6 aliphatic rings. The van der Waals surface area contributed by atoms with Gasteiger partial charge in [0.05, 0.1) is 29.9 Å². The Morgan fingerprint density at radius 2 is 0.901 bits per heavy atom. The number of piperidine rings is 6. The third-order valence-electron chi connectivity index (χ3n) is 15.1. The number of hydrogen-bond acceptors (Lipinski definition) is 19. The number of rotatable bonds is 10. The van der Waals surface area contributed by atoms with Crippen molar-refractivity contribution < 1.29 is 40.3 Å². The highest BCUT2D eigenvalue weighted by molar-refractivity contribution is 8.13. The Morgan fingerprint density at radius 3 is 1.28 bits per heavy atom. The van der Waals surface area contributed by atoms with Crippen molar-refractivity contribution >= 4 is 109 Å². The number of fused-ring (bicyclic) bond motifs is 1. The number of aromatic nitrogens is 3. The molecule has 0 unspecified atom stereocenters. The van der Waals surface area contributed by atoms with Gasteiger partial charge in [-0.05, 0) is 177 Å². The summed E-state index contributed by atoms with van der Waals surface area (Å²) in [6, 6.07) is 13.0. The van der Waals surface area contributed by atoms with E-state index in [1.165, 1.54) is 125 Å². The van der Waals surface area contributed by atoms with Crippen LogP contribution in [0.4, 0.5) is 11.4 Å². The fourth-order valence-corrected chi connectivity index (χ4v) is 15.0. The van der Waals surface area contributed by atoms with E-state index in [1.807, 2.05) is 0 Å². The summed E-state index contributed by atoms with van der Waals surface area (Å²) in [6.45, 7) is 11.7. The number of hydrazine groups is 1. The summed E-state index contributed by atoms with van der Waals surface area (Å²) in [4.78, 5) is 28.0. The Bertz CT molecular complexity index is 2960. The highest BCUT2D eigenvalue weighted by atomic mass is 35.7. The van der Waals surface area contributed by atoms with E-state index < -0.39 is 44.6 Å². The molecule has 0 spiro atoms. The van der Waals surface area contributed by atoms with Crippen molar-refractivity contribution in [3.05, 3.63) is 84.9 Å². The normalized spacial score (nSPS) is 19.8. The van der Waals surface area contributed by atoms with Crippen molar-refractivity contribution in [1.29, 1.82) is 0 Å². The van der Waals surface area contributed by atoms with Gasteiger partial charge in [0.25, 0.3) is 20.4 Å². The van der Waals surface area contributed by atoms with E-state index in [-0.39, 0.29) is 35.8 Å². The van der Waals surface area contributed by atoms with Crippen LogP contribution in [0.1, 0.15) is 96.3 Å². The van der Waals surface area contributed by atoms with Crippen LogP contribution >= 0.6 is 57.1 Å². The number of halogens is 5. The third kappa shape index (κ3) is 19.9. The van der Waals surface area contributed by atoms with Crippen molar-refractivity contribution in [2.45, 2.75) is 129 Å². The summed E-state index contributed by atoms with van der Waals surface area (Å²) in [6.07, 6.45) is 17.9. The maximum atomic E-state index is 12.9. The predicted molar refractivity (Wildman–Crippen MR) is 315 cm³/mol. The zero-order chi connectivity index (χ0) is 59.3. The molecule has 10 rings (SSSR count). The van der Waals surface area contributed by atoms with E-state index in [4.69, 9.17) is 57.1 Å². The summed E-state index contributed by atoms with van der Waals surface area (Å²) in [5.41, 5.74) is -0.117. The third-order valence-corrected chi connectivity index (χ3v) is 20.8. The molecule has 0 saturated carbocycles. The molecule has 0 amide bonds. The minimum absolute atomic E-state index is 0.0623. The Kier molecular flexibility index (Phi) is 28.2. The van der Waals surface area contributed by atoms with E-state index in [0.29, 0.717) is 54.1 Å². The highest BCUT2D eigenvalue weighted by Crippen LogP contribution is 2.32. The topological polar surface area (TPSA) is 320 Å². The second-order valence-corrected chi connectivity index (χ2v) is 28.0. The zero-order valence-electron chi connectivity index (χ0n) is 45.0. The molecule has 6 N–H and O–H groups in total. The van der Waals surface area contributed by atoms with Crippen LogP contribution in [0.5, 0.6) is 0 Å². The van der Waals surface area contributed by atoms with Crippen molar-refractivity contribution in [3.63, 3.8) is 0 Å². The molecule has 0 aliphatic carbocycles. The minimum Gasteiger partial charge on any atom is -0.410 e. The van der Waals surface area contributed by atoms with Crippen LogP contribution < -0.4 is 17.0 Å². The summed E-state index contributed by atoms with van der Waals surface area (Å²) in [5.74, 6) is 8.00. The molecule has 454 valence electrons. The van der Waals surface area contributed by atoms with Crippen molar-refractivity contribution in [2.24, 2.45) is 11.7 Å². The van der Waals surface area contributed by atoms with Crippen molar-refractivity contribution in [3.8, 4) is 0 Å². The molecule has 0 atom stereocenters. The van der Waals surface area contributed by atoms with E-state index in [2.05, 4.69) is 42.0 Å². The number of hydrogen-bond donors (Lipinski definition) is 4. The van der Waals surface area contributed by atoms with Gasteiger partial charge in [0.1, 0.15) is 21.1 Å². The molecule has 32 heteroatoms. The minimum atomic E-state index is -3.97. The summed E-state index contributed by atoms with van der Waals surface area (Å²) >= 11 is 20.8. The van der Waals surface area contributed by atoms with Crippen LogP contribution in [0.25, 0.3) is 11.0 Å². The van der Waals surface area contributed by atoms with Gasteiger partial charge in [0.15, 0.2) is 0 Å². The van der Waals surface area contributed by atoms with Crippen LogP contribution in [0.2, 0.25) is 10.0 Å². The molecule has 0 radical (unpaired) electrons. The standard InChI is InChI=1S/C16H22ClN3O4S.C16H23N5O3S.C10H20N2.C6H3Cl2NO4S.CH2Cl2.H4N2/c17-15-5-4-14(12-16(15)20(21)22)25(23,24)19-10-6-13(7-11-19)18-8-2-1-3-9-18;22-21-16-12-14(4-5-15(16)17-18-21)25(23,24)20-10-6-13(7-11-20)19-8-2-1-3-9-19;1-2-8-12(9-3-1)10-4-6-11-7-5-10;7-5-2-1-4(14(8,12)13)3-6(5)9(10)11;2-1-3;1-2/h4-5,12-13H,1-3,6-11H2;4-5,12-13,22H,1-3,6-11H2;10-11H,1-9H2;1-3H;1H2;1-2H2. The molecule has 24 nitrogen and oxygen atoms in total. The van der Waals surface area contributed by atoms with Crippen molar-refractivity contribution in [2.75, 3.05) is 83.9 Å². The lowest BCUT2D eigenvalue weighted by atomic mass is 10.0. The number of sulfonamides is 2. The number of alkyl halides is 2. The van der Waals surface area contributed by atoms with Gasteiger partial charge in [-0.3, -0.25) is 31.9 Å². The first kappa shape index (κ1) is 68.4. The number of nitrogens with zero attached hydrogens (tertiary/aromatic N) is 10. The summed E-state index contributed by atoms with van der Waals surface area (Å²) < 4.78 is 76.1. The van der Waals surface area contributed by atoms with Gasteiger partial charge in [-0.2, -0.15) is 8.61 Å². The Hall–Kier alpha value is -3.36. The number of nitrogens with two attached hydrogens (primary N) is 2. The molecule has 4 aromatic rings. The van der Waals surface area contributed by atoms with Gasteiger partial charge in [-0.1, -0.05) is 47.3 Å². The lowest BCUT2D eigenvalue weighted by Gasteiger charge is -2.39. The quantitative estimate of drug-likeness (QED) is 0.0293. The Balaban J connectivity index is 0.000000201. The second kappa shape index (κ2) is 33.4. The maximum absolute atomic E-state index is 12.9. The SMILES string of the molecule is C1CCN(C2CCNCC2)CC1.ClCCl.NN.O=S(=O)(c1ccc2nnn(O)c2c1)N1CCC(N2CCCCC2)CC1.O=[N+]([O-])c1cc(S(=O)(=O)Cl)ccc1Cl.O=[N+]([O-])c1cc(S(=O)(=O)N2CCC(N3CCCCC3)CC2)ccc1Cl. The average Bonchev–Trinajstić information content (AvgIpc) is 3.90. The molecular formula is C49H74Cl5N13O11S3. The smallest absolute Gasteiger partial charge is 0.289 e. The fraction of sp³-hybridized carbons (Fsp3) is 0.633. The lowest BCUT2D eigenvalue weighted by Crippen LogP contribution is -2.48. The maximum Gasteiger partial charge on any atom is 0.289 e. The molecule has 0 bridgehead atoms. The van der Waals surface area contributed by atoms with Crippen LogP contribution in [-0.4, -0.2) is 181 Å². The number of nitrogens with one attached hydrogen (secondary N) is 1. The summed E-state index contributed by atoms with van der Waals surface area (Å²) in [7, 11) is -6.28. The molecular weight excluding hydrogens is 1220 g/mol. The molecule has 6 aliphatic heterocycles. The average molecular weight is 1290 g/mol. The first-order valence-electron chi connectivity index (χ1n) is 26.9. The zero-order valence-corrected chi connectivity index (χ0v) is 51.2. The van der Waals surface area contributed by atoms with Crippen LogP contribution in [0.15, 0.2) is 69.3 Å². The Morgan fingerprint density at radius 1 is 0.556 bits per heavy atom. The largest absolute Gasteiger partial charge is 0.410 e. The van der Waals surface area contributed by atoms with E-state index in [0.717, 1.165) is 82.2 Å². The first-order valence-corrected chi connectivity index (χ1v) is 33.9. The first-order chi connectivity index (χ1) is 38.6. The van der Waals surface area contributed by atoms with Gasteiger partial charge in [-0.15, -0.1) is 28.3 Å². The summed E-state index contributed by atoms with van der Waals surface area (Å²) in [5, 5.41) is 41.7. The van der Waals surface area contributed by atoms with Crippen LogP contribution in [-0.2, 0) is 29.1 Å². The highest BCUT2D eigenvalue weighted by Gasteiger charge is 2.35. The van der Waals surface area contributed by atoms with Gasteiger partial charge in [0.2, 0.25) is 20.0 Å². The molecule has 7 heterocycles. The van der Waals surface area contributed by atoms with E-state index in [1.54, 1.807) is 10.4 Å². The molecule has 6 fully saturated rings. The second-order valence-electron chi connectivity index (χ2n) is 20.0. The lowest BCUT2D eigenvalue weighted by molar-refractivity contribution is -0.385. The fourth-order valence-electron chi connectivity index (χ4n) is 10.8. The van der Waals surface area contributed by atoms with Crippen molar-refractivity contribution in [1.82, 2.24) is 43.8 Å². The Labute approximate surface area is 499 Å². The molecule has 81 heavy (non-hydrogen) atoms. The van der Waals surface area contributed by atoms with Gasteiger partial charge in [0, 0.05) is 67.1 Å². The monoisotopic (exact) mass is 1290 g/mol. The number of nitro benzene ring substituents is 2. The van der Waals surface area contributed by atoms with E-state index in [9.17, 15) is 50.7 Å². The number of likely N-dealkylation sites (tertiary alicyclic amines) is 3. The van der Waals surface area contributed by atoms with Gasteiger partial charge >= 0.3 is 0 Å². The molecule has 3 aromatic carbocycles. The number of nitro groups is 2. The number of benzene rings is 3. The van der Waals surface area contributed by atoms with Crippen LogP contribution in [0, 0.1) is 20.2 Å². The van der Waals surface area contributed by atoms with Gasteiger partial charge < -0.3 is 25.2 Å². The van der Waals surface area contributed by atoms with Gasteiger partial charge in [-0.25, -0.2) is 25.3 Å². The predicted octanol–water partition coefficient (Wildman–Crippen LogP) is 7.84. The van der Waals surface area contributed by atoms with E-state index >= 15 is 0 Å².